The van der Waals surface area contributed by atoms with Crippen molar-refractivity contribution < 1.29 is 14.0 Å². The van der Waals surface area contributed by atoms with E-state index in [4.69, 9.17) is 0 Å². The number of anilines is 1. The van der Waals surface area contributed by atoms with Crippen molar-refractivity contribution >= 4 is 17.6 Å². The van der Waals surface area contributed by atoms with E-state index >= 15 is 0 Å². The van der Waals surface area contributed by atoms with E-state index in [1.165, 1.54) is 12.1 Å². The SMILES string of the molecule is C[C@H](C(=O)Nc1ccn(CCCC(=O)N(C)C)n1)c1cccc(F)c1. The van der Waals surface area contributed by atoms with Gasteiger partial charge < -0.3 is 10.2 Å². The van der Waals surface area contributed by atoms with Crippen molar-refractivity contribution in [2.75, 3.05) is 19.4 Å². The Morgan fingerprint density at radius 3 is 2.76 bits per heavy atom. The number of rotatable bonds is 7. The van der Waals surface area contributed by atoms with E-state index in [1.54, 1.807) is 55.0 Å². The lowest BCUT2D eigenvalue weighted by molar-refractivity contribution is -0.128. The summed E-state index contributed by atoms with van der Waals surface area (Å²) in [5, 5.41) is 7.00. The predicted octanol–water partition coefficient (Wildman–Crippen LogP) is 2.63. The number of nitrogens with one attached hydrogen (secondary N) is 1. The number of halogens is 1. The zero-order chi connectivity index (χ0) is 18.4. The van der Waals surface area contributed by atoms with E-state index in [1.807, 2.05) is 0 Å². The molecule has 1 atom stereocenters. The summed E-state index contributed by atoms with van der Waals surface area (Å²) in [4.78, 5) is 25.4. The Morgan fingerprint density at radius 2 is 2.08 bits per heavy atom. The van der Waals surface area contributed by atoms with E-state index in [-0.39, 0.29) is 17.6 Å². The number of carbonyl (C=O) groups is 2. The van der Waals surface area contributed by atoms with Gasteiger partial charge in [-0.15, -0.1) is 0 Å². The van der Waals surface area contributed by atoms with Gasteiger partial charge in [-0.2, -0.15) is 5.10 Å². The highest BCUT2D eigenvalue weighted by Gasteiger charge is 2.16. The third-order valence-electron chi connectivity index (χ3n) is 3.91. The Labute approximate surface area is 146 Å². The minimum absolute atomic E-state index is 0.0737. The summed E-state index contributed by atoms with van der Waals surface area (Å²) in [5.41, 5.74) is 0.610. The van der Waals surface area contributed by atoms with Gasteiger partial charge in [0.25, 0.3) is 0 Å². The first-order valence-corrected chi connectivity index (χ1v) is 8.16. The molecule has 0 bridgehead atoms. The number of nitrogens with zero attached hydrogens (tertiary/aromatic N) is 3. The number of hydrogen-bond donors (Lipinski definition) is 1. The summed E-state index contributed by atoms with van der Waals surface area (Å²) in [6.07, 6.45) is 2.87. The summed E-state index contributed by atoms with van der Waals surface area (Å²) in [5.74, 6) is -0.595. The molecule has 0 saturated heterocycles. The van der Waals surface area contributed by atoms with Gasteiger partial charge in [0, 0.05) is 39.3 Å². The maximum atomic E-state index is 13.3. The molecule has 0 unspecified atom stereocenters. The zero-order valence-corrected chi connectivity index (χ0v) is 14.7. The Balaban J connectivity index is 1.87. The summed E-state index contributed by atoms with van der Waals surface area (Å²) in [6, 6.07) is 7.69. The molecule has 6 nitrogen and oxygen atoms in total. The third kappa shape index (κ3) is 5.41. The first kappa shape index (κ1) is 18.6. The molecular weight excluding hydrogens is 323 g/mol. The van der Waals surface area contributed by atoms with Crippen LogP contribution in [0.25, 0.3) is 0 Å². The van der Waals surface area contributed by atoms with E-state index in [0.29, 0.717) is 30.8 Å². The smallest absolute Gasteiger partial charge is 0.232 e. The Morgan fingerprint density at radius 1 is 1.32 bits per heavy atom. The first-order valence-electron chi connectivity index (χ1n) is 8.16. The molecule has 0 saturated carbocycles. The topological polar surface area (TPSA) is 67.2 Å². The van der Waals surface area contributed by atoms with Gasteiger partial charge in [-0.25, -0.2) is 4.39 Å². The Bertz CT molecular complexity index is 742. The minimum Gasteiger partial charge on any atom is -0.349 e. The van der Waals surface area contributed by atoms with Crippen molar-refractivity contribution in [3.63, 3.8) is 0 Å². The molecule has 0 spiro atoms. The maximum Gasteiger partial charge on any atom is 0.232 e. The normalized spacial score (nSPS) is 11.8. The van der Waals surface area contributed by atoms with Crippen LogP contribution < -0.4 is 5.32 Å². The van der Waals surface area contributed by atoms with Crippen LogP contribution in [0.2, 0.25) is 0 Å². The fraction of sp³-hybridized carbons (Fsp3) is 0.389. The van der Waals surface area contributed by atoms with Crippen LogP contribution >= 0.6 is 0 Å². The van der Waals surface area contributed by atoms with Crippen LogP contribution in [0.5, 0.6) is 0 Å². The highest BCUT2D eigenvalue weighted by atomic mass is 19.1. The predicted molar refractivity (Wildman–Crippen MR) is 93.6 cm³/mol. The molecule has 7 heteroatoms. The van der Waals surface area contributed by atoms with Crippen molar-refractivity contribution in [3.05, 3.63) is 47.9 Å². The number of benzene rings is 1. The molecule has 0 radical (unpaired) electrons. The summed E-state index contributed by atoms with van der Waals surface area (Å²) in [7, 11) is 3.45. The second-order valence-corrected chi connectivity index (χ2v) is 6.12. The van der Waals surface area contributed by atoms with Gasteiger partial charge in [0.05, 0.1) is 5.92 Å². The fourth-order valence-corrected chi connectivity index (χ4v) is 2.33. The molecule has 2 amide bonds. The molecule has 1 N–H and O–H groups in total. The van der Waals surface area contributed by atoms with Crippen LogP contribution in [0.4, 0.5) is 10.2 Å². The quantitative estimate of drug-likeness (QED) is 0.838. The van der Waals surface area contributed by atoms with E-state index in [0.717, 1.165) is 0 Å². The van der Waals surface area contributed by atoms with Crippen LogP contribution in [0.1, 0.15) is 31.2 Å². The van der Waals surface area contributed by atoms with E-state index < -0.39 is 5.92 Å². The minimum atomic E-state index is -0.487. The molecule has 0 aliphatic carbocycles. The summed E-state index contributed by atoms with van der Waals surface area (Å²) >= 11 is 0. The Kier molecular flexibility index (Phi) is 6.27. The molecule has 2 rings (SSSR count). The lowest BCUT2D eigenvalue weighted by Crippen LogP contribution is -2.21. The van der Waals surface area contributed by atoms with Crippen molar-refractivity contribution in [1.29, 1.82) is 0 Å². The molecule has 1 heterocycles. The van der Waals surface area contributed by atoms with Crippen LogP contribution in [0, 0.1) is 5.82 Å². The van der Waals surface area contributed by atoms with Crippen molar-refractivity contribution in [2.45, 2.75) is 32.2 Å². The van der Waals surface area contributed by atoms with E-state index in [9.17, 15) is 14.0 Å². The highest BCUT2D eigenvalue weighted by molar-refractivity contribution is 5.94. The molecule has 2 aromatic rings. The molecule has 1 aromatic carbocycles. The summed E-state index contributed by atoms with van der Waals surface area (Å²) < 4.78 is 15.0. The van der Waals surface area contributed by atoms with Crippen LogP contribution in [-0.4, -0.2) is 40.6 Å². The largest absolute Gasteiger partial charge is 0.349 e. The fourth-order valence-electron chi connectivity index (χ4n) is 2.33. The molecular formula is C18H23FN4O2. The molecule has 25 heavy (non-hydrogen) atoms. The van der Waals surface area contributed by atoms with Gasteiger partial charge in [-0.05, 0) is 31.0 Å². The second-order valence-electron chi connectivity index (χ2n) is 6.12. The molecule has 0 fully saturated rings. The number of amides is 2. The van der Waals surface area contributed by atoms with Crippen molar-refractivity contribution in [3.8, 4) is 0 Å². The van der Waals surface area contributed by atoms with Gasteiger partial charge in [0.15, 0.2) is 5.82 Å². The van der Waals surface area contributed by atoms with Gasteiger partial charge >= 0.3 is 0 Å². The van der Waals surface area contributed by atoms with Gasteiger partial charge in [-0.3, -0.25) is 14.3 Å². The zero-order valence-electron chi connectivity index (χ0n) is 14.7. The van der Waals surface area contributed by atoms with Gasteiger partial charge in [-0.1, -0.05) is 12.1 Å². The first-order chi connectivity index (χ1) is 11.9. The lowest BCUT2D eigenvalue weighted by Gasteiger charge is -2.11. The van der Waals surface area contributed by atoms with Crippen molar-refractivity contribution in [1.82, 2.24) is 14.7 Å². The van der Waals surface area contributed by atoms with Crippen LogP contribution in [0.15, 0.2) is 36.5 Å². The molecule has 0 aliphatic rings. The van der Waals surface area contributed by atoms with Gasteiger partial charge in [0.1, 0.15) is 5.82 Å². The van der Waals surface area contributed by atoms with Crippen LogP contribution in [0.3, 0.4) is 0 Å². The highest BCUT2D eigenvalue weighted by Crippen LogP contribution is 2.18. The monoisotopic (exact) mass is 346 g/mol. The van der Waals surface area contributed by atoms with Crippen molar-refractivity contribution in [2.24, 2.45) is 0 Å². The van der Waals surface area contributed by atoms with Crippen LogP contribution in [-0.2, 0) is 16.1 Å². The Hall–Kier alpha value is -2.70. The average Bonchev–Trinajstić information content (AvgIpc) is 3.01. The third-order valence-corrected chi connectivity index (χ3v) is 3.91. The molecule has 0 aliphatic heterocycles. The maximum absolute atomic E-state index is 13.3. The van der Waals surface area contributed by atoms with E-state index in [2.05, 4.69) is 10.4 Å². The number of aromatic nitrogens is 2. The number of carbonyl (C=O) groups excluding carboxylic acids is 2. The molecule has 134 valence electrons. The lowest BCUT2D eigenvalue weighted by atomic mass is 10.0. The van der Waals surface area contributed by atoms with Gasteiger partial charge in [0.2, 0.25) is 11.8 Å². The molecule has 1 aromatic heterocycles. The average molecular weight is 346 g/mol. The summed E-state index contributed by atoms with van der Waals surface area (Å²) in [6.45, 7) is 2.31. The second kappa shape index (κ2) is 8.41. The number of aryl methyl sites for hydroxylation is 1. The number of hydrogen-bond acceptors (Lipinski definition) is 3. The standard InChI is InChI=1S/C18H23FN4O2/c1-13(14-6-4-7-15(19)12-14)18(25)20-16-9-11-23(21-16)10-5-8-17(24)22(2)3/h4,6-7,9,11-13H,5,8,10H2,1-3H3,(H,20,21,25)/t13-/m0/s1.